The second-order valence-electron chi connectivity index (χ2n) is 4.11. The number of carbonyl (C=O) groups excluding carboxylic acids is 2. The Balaban J connectivity index is 2.80. The van der Waals surface area contributed by atoms with Crippen molar-refractivity contribution in [2.24, 2.45) is 0 Å². The van der Waals surface area contributed by atoms with Gasteiger partial charge in [-0.05, 0) is 25.5 Å². The smallest absolute Gasteiger partial charge is 0.234 e. The van der Waals surface area contributed by atoms with E-state index in [9.17, 15) is 9.59 Å². The highest BCUT2D eigenvalue weighted by molar-refractivity contribution is 6.04. The van der Waals surface area contributed by atoms with Gasteiger partial charge in [0.05, 0.1) is 6.42 Å². The number of rotatable bonds is 6. The topological polar surface area (TPSA) is 37.4 Å². The number of anilines is 1. The minimum atomic E-state index is -0.114. The molecule has 0 aromatic heterocycles. The van der Waals surface area contributed by atoms with Crippen molar-refractivity contribution in [3.8, 4) is 0 Å². The summed E-state index contributed by atoms with van der Waals surface area (Å²) >= 11 is 0. The first-order valence-corrected chi connectivity index (χ1v) is 6.00. The number of Topliss-reactive ketones (excluding diaryl/α,β-unsaturated/α-hetero) is 1. The molecule has 0 heterocycles. The largest absolute Gasteiger partial charge is 0.312 e. The molecule has 0 saturated carbocycles. The first kappa shape index (κ1) is 13.4. The zero-order valence-electron chi connectivity index (χ0n) is 10.5. The Hall–Kier alpha value is -1.64. The van der Waals surface area contributed by atoms with Crippen LogP contribution in [0.3, 0.4) is 0 Å². The molecule has 1 rings (SSSR count). The Labute approximate surface area is 102 Å². The molecule has 17 heavy (non-hydrogen) atoms. The second-order valence-corrected chi connectivity index (χ2v) is 4.11. The molecule has 1 amide bonds. The Morgan fingerprint density at radius 3 is 2.35 bits per heavy atom. The van der Waals surface area contributed by atoms with E-state index in [1.165, 1.54) is 6.92 Å². The maximum Gasteiger partial charge on any atom is 0.234 e. The summed E-state index contributed by atoms with van der Waals surface area (Å²) in [7, 11) is 0. The van der Waals surface area contributed by atoms with Crippen LogP contribution in [0.4, 0.5) is 5.69 Å². The normalized spacial score (nSPS) is 10.0. The summed E-state index contributed by atoms with van der Waals surface area (Å²) in [5.74, 6) is -0.204. The Morgan fingerprint density at radius 1 is 1.18 bits per heavy atom. The van der Waals surface area contributed by atoms with Crippen LogP contribution in [0, 0.1) is 0 Å². The first-order chi connectivity index (χ1) is 8.15. The molecular weight excluding hydrogens is 214 g/mol. The Bertz CT molecular complexity index is 373. The SMILES string of the molecule is CCCCN(C(=O)CC(C)=O)c1ccccc1. The standard InChI is InChI=1S/C14H19NO2/c1-3-4-10-15(14(17)11-12(2)16)13-8-6-5-7-9-13/h5-9H,3-4,10-11H2,1-2H3. The lowest BCUT2D eigenvalue weighted by Crippen LogP contribution is -2.32. The molecule has 3 heteroatoms. The van der Waals surface area contributed by atoms with Gasteiger partial charge in [0.2, 0.25) is 5.91 Å². The summed E-state index contributed by atoms with van der Waals surface area (Å²) in [6.45, 7) is 4.20. The summed E-state index contributed by atoms with van der Waals surface area (Å²) < 4.78 is 0. The van der Waals surface area contributed by atoms with Crippen molar-refractivity contribution in [1.29, 1.82) is 0 Å². The fourth-order valence-electron chi connectivity index (χ4n) is 1.63. The Kier molecular flexibility index (Phi) is 5.40. The highest BCUT2D eigenvalue weighted by Crippen LogP contribution is 2.15. The summed E-state index contributed by atoms with van der Waals surface area (Å²) in [6, 6.07) is 9.50. The fraction of sp³-hybridized carbons (Fsp3) is 0.429. The zero-order valence-corrected chi connectivity index (χ0v) is 10.5. The minimum Gasteiger partial charge on any atom is -0.312 e. The highest BCUT2D eigenvalue weighted by atomic mass is 16.2. The fourth-order valence-corrected chi connectivity index (χ4v) is 1.63. The molecule has 0 bridgehead atoms. The number of benzene rings is 1. The van der Waals surface area contributed by atoms with Crippen LogP contribution < -0.4 is 4.90 Å². The molecule has 0 aliphatic heterocycles. The molecule has 0 unspecified atom stereocenters. The number of amides is 1. The number of para-hydroxylation sites is 1. The lowest BCUT2D eigenvalue weighted by Gasteiger charge is -2.22. The van der Waals surface area contributed by atoms with E-state index in [0.717, 1.165) is 18.5 Å². The van der Waals surface area contributed by atoms with Gasteiger partial charge in [-0.1, -0.05) is 31.5 Å². The van der Waals surface area contributed by atoms with Gasteiger partial charge in [0.1, 0.15) is 5.78 Å². The number of unbranched alkanes of at least 4 members (excludes halogenated alkanes) is 1. The summed E-state index contributed by atoms with van der Waals surface area (Å²) in [5, 5.41) is 0. The van der Waals surface area contributed by atoms with E-state index >= 15 is 0 Å². The molecule has 0 aliphatic carbocycles. The second kappa shape index (κ2) is 6.84. The minimum absolute atomic E-state index is 0.0153. The molecule has 0 atom stereocenters. The van der Waals surface area contributed by atoms with Crippen LogP contribution >= 0.6 is 0 Å². The van der Waals surface area contributed by atoms with E-state index in [4.69, 9.17) is 0 Å². The van der Waals surface area contributed by atoms with Crippen LogP contribution in [-0.2, 0) is 9.59 Å². The van der Waals surface area contributed by atoms with Crippen LogP contribution in [0.5, 0.6) is 0 Å². The summed E-state index contributed by atoms with van der Waals surface area (Å²) in [6.07, 6.45) is 1.95. The third-order valence-electron chi connectivity index (χ3n) is 2.50. The van der Waals surface area contributed by atoms with Crippen molar-refractivity contribution < 1.29 is 9.59 Å². The van der Waals surface area contributed by atoms with E-state index in [0.29, 0.717) is 6.54 Å². The van der Waals surface area contributed by atoms with Gasteiger partial charge in [0.15, 0.2) is 0 Å². The number of nitrogens with zero attached hydrogens (tertiary/aromatic N) is 1. The van der Waals surface area contributed by atoms with Gasteiger partial charge in [-0.15, -0.1) is 0 Å². The molecule has 0 radical (unpaired) electrons. The van der Waals surface area contributed by atoms with Gasteiger partial charge in [-0.2, -0.15) is 0 Å². The zero-order chi connectivity index (χ0) is 12.7. The van der Waals surface area contributed by atoms with Crippen molar-refractivity contribution in [3.63, 3.8) is 0 Å². The monoisotopic (exact) mass is 233 g/mol. The molecule has 0 aliphatic rings. The predicted molar refractivity (Wildman–Crippen MR) is 69.0 cm³/mol. The number of carbonyl (C=O) groups is 2. The van der Waals surface area contributed by atoms with Gasteiger partial charge in [-0.25, -0.2) is 0 Å². The lowest BCUT2D eigenvalue weighted by molar-refractivity contribution is -0.125. The van der Waals surface area contributed by atoms with Gasteiger partial charge in [0.25, 0.3) is 0 Å². The molecule has 0 spiro atoms. The van der Waals surface area contributed by atoms with Gasteiger partial charge >= 0.3 is 0 Å². The average Bonchev–Trinajstić information content (AvgIpc) is 2.30. The molecule has 0 fully saturated rings. The van der Waals surface area contributed by atoms with Gasteiger partial charge in [0, 0.05) is 12.2 Å². The third-order valence-corrected chi connectivity index (χ3v) is 2.50. The molecule has 92 valence electrons. The number of hydrogen-bond acceptors (Lipinski definition) is 2. The Morgan fingerprint density at radius 2 is 1.82 bits per heavy atom. The quantitative estimate of drug-likeness (QED) is 0.708. The van der Waals surface area contributed by atoms with Crippen molar-refractivity contribution in [3.05, 3.63) is 30.3 Å². The maximum absolute atomic E-state index is 12.0. The molecule has 1 aromatic rings. The van der Waals surface area contributed by atoms with Gasteiger partial charge < -0.3 is 4.90 Å². The van der Waals surface area contributed by atoms with Crippen LogP contribution in [0.15, 0.2) is 30.3 Å². The molecular formula is C14H19NO2. The van der Waals surface area contributed by atoms with Crippen LogP contribution in [-0.4, -0.2) is 18.2 Å². The summed E-state index contributed by atoms with van der Waals surface area (Å²) in [5.41, 5.74) is 0.868. The van der Waals surface area contributed by atoms with E-state index in [1.54, 1.807) is 4.90 Å². The lowest BCUT2D eigenvalue weighted by atomic mass is 10.2. The molecule has 3 nitrogen and oxygen atoms in total. The van der Waals surface area contributed by atoms with Crippen LogP contribution in [0.2, 0.25) is 0 Å². The first-order valence-electron chi connectivity index (χ1n) is 6.00. The van der Waals surface area contributed by atoms with E-state index in [1.807, 2.05) is 30.3 Å². The molecule has 0 saturated heterocycles. The van der Waals surface area contributed by atoms with Crippen LogP contribution in [0.1, 0.15) is 33.1 Å². The molecule has 0 N–H and O–H groups in total. The predicted octanol–water partition coefficient (Wildman–Crippen LogP) is 2.80. The van der Waals surface area contributed by atoms with E-state index in [-0.39, 0.29) is 18.1 Å². The molecule has 1 aromatic carbocycles. The maximum atomic E-state index is 12.0. The highest BCUT2D eigenvalue weighted by Gasteiger charge is 2.16. The van der Waals surface area contributed by atoms with Crippen molar-refractivity contribution in [2.75, 3.05) is 11.4 Å². The average molecular weight is 233 g/mol. The van der Waals surface area contributed by atoms with Crippen molar-refractivity contribution in [1.82, 2.24) is 0 Å². The van der Waals surface area contributed by atoms with Crippen molar-refractivity contribution in [2.45, 2.75) is 33.1 Å². The summed E-state index contributed by atoms with van der Waals surface area (Å²) in [4.78, 5) is 24.7. The van der Waals surface area contributed by atoms with Crippen LogP contribution in [0.25, 0.3) is 0 Å². The van der Waals surface area contributed by atoms with E-state index in [2.05, 4.69) is 6.92 Å². The van der Waals surface area contributed by atoms with Gasteiger partial charge in [-0.3, -0.25) is 9.59 Å². The van der Waals surface area contributed by atoms with E-state index < -0.39 is 0 Å². The number of ketones is 1. The third kappa shape index (κ3) is 4.39. The van der Waals surface area contributed by atoms with Crippen molar-refractivity contribution >= 4 is 17.4 Å². The number of hydrogen-bond donors (Lipinski definition) is 0.